The van der Waals surface area contributed by atoms with Crippen LogP contribution in [0.5, 0.6) is 11.5 Å². The average Bonchev–Trinajstić information content (AvgIpc) is 2.91. The van der Waals surface area contributed by atoms with Gasteiger partial charge in [0.1, 0.15) is 4.88 Å². The van der Waals surface area contributed by atoms with E-state index in [-0.39, 0.29) is 4.88 Å². The van der Waals surface area contributed by atoms with Crippen LogP contribution in [-0.4, -0.2) is 25.3 Å². The van der Waals surface area contributed by atoms with Crippen LogP contribution in [0, 0.1) is 0 Å². The number of halogens is 1. The molecule has 4 nitrogen and oxygen atoms in total. The highest BCUT2D eigenvalue weighted by Gasteiger charge is 2.21. The molecule has 0 spiro atoms. The predicted octanol–water partition coefficient (Wildman–Crippen LogP) is 5.42. The molecule has 0 aliphatic heterocycles. The van der Waals surface area contributed by atoms with E-state index in [0.29, 0.717) is 21.4 Å². The minimum atomic E-state index is -0.960. The number of carboxylic acid groups (broad SMARTS) is 1. The molecule has 7 heteroatoms. The Bertz CT molecular complexity index is 920. The van der Waals surface area contributed by atoms with E-state index in [0.717, 1.165) is 15.0 Å². The van der Waals surface area contributed by atoms with Crippen LogP contribution in [0.15, 0.2) is 46.2 Å². The van der Waals surface area contributed by atoms with Gasteiger partial charge in [-0.05, 0) is 24.3 Å². The minimum absolute atomic E-state index is 0.283. The zero-order chi connectivity index (χ0) is 17.3. The van der Waals surface area contributed by atoms with Gasteiger partial charge in [-0.2, -0.15) is 0 Å². The quantitative estimate of drug-likeness (QED) is 0.640. The lowest BCUT2D eigenvalue weighted by Gasteiger charge is -2.08. The molecule has 0 saturated heterocycles. The Kier molecular flexibility index (Phi) is 4.89. The first-order valence-electron chi connectivity index (χ1n) is 6.88. The summed E-state index contributed by atoms with van der Waals surface area (Å²) < 4.78 is 11.5. The standard InChI is InChI=1S/C17H13ClO4S2/c1-21-12-7-11-14(8-13(12)22-2)24-16(17(19)20)15(11)23-10-5-3-4-9(18)6-10/h3-8H,1-2H3,(H,19,20). The van der Waals surface area contributed by atoms with Crippen LogP contribution in [0.3, 0.4) is 0 Å². The van der Waals surface area contributed by atoms with Gasteiger partial charge in [0.25, 0.3) is 0 Å². The van der Waals surface area contributed by atoms with Crippen LogP contribution in [-0.2, 0) is 0 Å². The maximum atomic E-state index is 11.7. The number of rotatable bonds is 5. The summed E-state index contributed by atoms with van der Waals surface area (Å²) >= 11 is 8.62. The maximum Gasteiger partial charge on any atom is 0.347 e. The van der Waals surface area contributed by atoms with E-state index < -0.39 is 5.97 Å². The molecular formula is C17H13ClO4S2. The maximum absolute atomic E-state index is 11.7. The van der Waals surface area contributed by atoms with Crippen molar-refractivity contribution in [2.45, 2.75) is 9.79 Å². The molecule has 3 aromatic rings. The van der Waals surface area contributed by atoms with Crippen LogP contribution in [0.4, 0.5) is 0 Å². The lowest BCUT2D eigenvalue weighted by molar-refractivity contribution is 0.0699. The Hall–Kier alpha value is -1.89. The fourth-order valence-electron chi connectivity index (χ4n) is 2.29. The zero-order valence-corrected chi connectivity index (χ0v) is 15.2. The summed E-state index contributed by atoms with van der Waals surface area (Å²) in [4.78, 5) is 13.5. The normalized spacial score (nSPS) is 10.8. The summed E-state index contributed by atoms with van der Waals surface area (Å²) in [5, 5.41) is 11.0. The monoisotopic (exact) mass is 380 g/mol. The topological polar surface area (TPSA) is 55.8 Å². The van der Waals surface area contributed by atoms with Crippen LogP contribution < -0.4 is 9.47 Å². The number of methoxy groups -OCH3 is 2. The number of hydrogen-bond donors (Lipinski definition) is 1. The largest absolute Gasteiger partial charge is 0.493 e. The van der Waals surface area contributed by atoms with Crippen LogP contribution in [0.2, 0.25) is 5.02 Å². The molecule has 0 unspecified atom stereocenters. The van der Waals surface area contributed by atoms with Crippen molar-refractivity contribution in [2.24, 2.45) is 0 Å². The zero-order valence-electron chi connectivity index (χ0n) is 12.8. The highest BCUT2D eigenvalue weighted by atomic mass is 35.5. The van der Waals surface area contributed by atoms with Gasteiger partial charge in [-0.25, -0.2) is 4.79 Å². The Morgan fingerprint density at radius 3 is 2.50 bits per heavy atom. The van der Waals surface area contributed by atoms with E-state index >= 15 is 0 Å². The van der Waals surface area contributed by atoms with Gasteiger partial charge < -0.3 is 14.6 Å². The molecule has 1 heterocycles. The summed E-state index contributed by atoms with van der Waals surface area (Å²) in [5.41, 5.74) is 0. The number of fused-ring (bicyclic) bond motifs is 1. The number of ether oxygens (including phenoxy) is 2. The predicted molar refractivity (Wildman–Crippen MR) is 97.5 cm³/mol. The smallest absolute Gasteiger partial charge is 0.347 e. The van der Waals surface area contributed by atoms with Crippen LogP contribution >= 0.6 is 34.7 Å². The third-order valence-corrected chi connectivity index (χ3v) is 5.98. The van der Waals surface area contributed by atoms with E-state index in [2.05, 4.69) is 0 Å². The van der Waals surface area contributed by atoms with Crippen molar-refractivity contribution < 1.29 is 19.4 Å². The second-order valence-corrected chi connectivity index (χ2v) is 7.40. The van der Waals surface area contributed by atoms with Gasteiger partial charge >= 0.3 is 5.97 Å². The molecule has 0 amide bonds. The summed E-state index contributed by atoms with van der Waals surface area (Å²) in [7, 11) is 3.11. The van der Waals surface area contributed by atoms with Gasteiger partial charge in [0.15, 0.2) is 11.5 Å². The highest BCUT2D eigenvalue weighted by Crippen LogP contribution is 2.45. The van der Waals surface area contributed by atoms with Gasteiger partial charge in [-0.15, -0.1) is 11.3 Å². The van der Waals surface area contributed by atoms with Crippen molar-refractivity contribution in [3.8, 4) is 11.5 Å². The van der Waals surface area contributed by atoms with Crippen molar-refractivity contribution in [1.82, 2.24) is 0 Å². The fraction of sp³-hybridized carbons (Fsp3) is 0.118. The first-order chi connectivity index (χ1) is 11.5. The van der Waals surface area contributed by atoms with Gasteiger partial charge in [-0.3, -0.25) is 0 Å². The number of carboxylic acids is 1. The average molecular weight is 381 g/mol. The van der Waals surface area contributed by atoms with Crippen molar-refractivity contribution in [3.63, 3.8) is 0 Å². The second kappa shape index (κ2) is 6.93. The number of carbonyl (C=O) groups is 1. The van der Waals surface area contributed by atoms with Crippen molar-refractivity contribution in [1.29, 1.82) is 0 Å². The van der Waals surface area contributed by atoms with E-state index in [1.807, 2.05) is 24.3 Å². The summed E-state index contributed by atoms with van der Waals surface area (Å²) in [6, 6.07) is 10.9. The van der Waals surface area contributed by atoms with Crippen LogP contribution in [0.25, 0.3) is 10.1 Å². The summed E-state index contributed by atoms with van der Waals surface area (Å²) in [5.74, 6) is 0.175. The Balaban J connectivity index is 2.19. The van der Waals surface area contributed by atoms with Crippen LogP contribution in [0.1, 0.15) is 9.67 Å². The fourth-order valence-corrected chi connectivity index (χ4v) is 4.83. The van der Waals surface area contributed by atoms with Crippen molar-refractivity contribution in [2.75, 3.05) is 14.2 Å². The lowest BCUT2D eigenvalue weighted by Crippen LogP contribution is -1.93. The molecule has 0 saturated carbocycles. The van der Waals surface area contributed by atoms with E-state index in [4.69, 9.17) is 21.1 Å². The summed E-state index contributed by atoms with van der Waals surface area (Å²) in [6.07, 6.45) is 0. The molecule has 0 radical (unpaired) electrons. The number of benzene rings is 2. The Morgan fingerprint density at radius 1 is 1.17 bits per heavy atom. The third kappa shape index (κ3) is 3.17. The first-order valence-corrected chi connectivity index (χ1v) is 8.89. The third-order valence-electron chi connectivity index (χ3n) is 3.36. The Morgan fingerprint density at radius 2 is 1.88 bits per heavy atom. The van der Waals surface area contributed by atoms with Gasteiger partial charge in [0.2, 0.25) is 0 Å². The molecular weight excluding hydrogens is 368 g/mol. The van der Waals surface area contributed by atoms with E-state index in [9.17, 15) is 9.90 Å². The molecule has 0 aliphatic rings. The molecule has 0 bridgehead atoms. The SMILES string of the molecule is COc1cc2sc(C(=O)O)c(Sc3cccc(Cl)c3)c2cc1OC. The second-order valence-electron chi connectivity index (χ2n) is 4.83. The molecule has 3 rings (SSSR count). The molecule has 0 atom stereocenters. The Labute approximate surface area is 152 Å². The van der Waals surface area contributed by atoms with E-state index in [1.54, 1.807) is 26.4 Å². The molecule has 1 aromatic heterocycles. The lowest BCUT2D eigenvalue weighted by atomic mass is 10.2. The molecule has 24 heavy (non-hydrogen) atoms. The van der Waals surface area contributed by atoms with Crippen molar-refractivity contribution in [3.05, 3.63) is 46.3 Å². The minimum Gasteiger partial charge on any atom is -0.493 e. The first kappa shape index (κ1) is 17.0. The molecule has 0 fully saturated rings. The summed E-state index contributed by atoms with van der Waals surface area (Å²) in [6.45, 7) is 0. The van der Waals surface area contributed by atoms with Gasteiger partial charge in [0.05, 0.1) is 14.2 Å². The van der Waals surface area contributed by atoms with Crippen molar-refractivity contribution >= 4 is 50.8 Å². The number of thiophene rings is 1. The number of aromatic carboxylic acids is 1. The number of hydrogen-bond acceptors (Lipinski definition) is 5. The van der Waals surface area contributed by atoms with Gasteiger partial charge in [0, 0.05) is 31.0 Å². The van der Waals surface area contributed by atoms with E-state index in [1.165, 1.54) is 23.1 Å². The molecule has 2 aromatic carbocycles. The molecule has 1 N–H and O–H groups in total. The molecule has 0 aliphatic carbocycles. The van der Waals surface area contributed by atoms with Gasteiger partial charge in [-0.1, -0.05) is 29.4 Å². The highest BCUT2D eigenvalue weighted by molar-refractivity contribution is 7.99. The molecule has 124 valence electrons.